The van der Waals surface area contributed by atoms with Crippen molar-refractivity contribution in [3.05, 3.63) is 71.8 Å². The third-order valence-corrected chi connectivity index (χ3v) is 10.4. The van der Waals surface area contributed by atoms with Crippen LogP contribution in [-0.4, -0.2) is 24.1 Å². The second-order valence-corrected chi connectivity index (χ2v) is 14.0. The van der Waals surface area contributed by atoms with Crippen LogP contribution in [0.4, 0.5) is 0 Å². The number of nitriles is 2. The monoisotopic (exact) mass is 596 g/mol. The average molecular weight is 597 g/mol. The Balaban J connectivity index is 1.92. The van der Waals surface area contributed by atoms with Gasteiger partial charge in [-0.1, -0.05) is 115 Å². The van der Waals surface area contributed by atoms with E-state index in [4.69, 9.17) is 9.47 Å². The number of hydrogen-bond donors (Lipinski definition) is 0. The van der Waals surface area contributed by atoms with E-state index < -0.39 is 35.0 Å². The molecule has 6 nitrogen and oxygen atoms in total. The van der Waals surface area contributed by atoms with Crippen molar-refractivity contribution in [3.63, 3.8) is 0 Å². The Morgan fingerprint density at radius 3 is 1.30 bits per heavy atom. The van der Waals surface area contributed by atoms with E-state index in [-0.39, 0.29) is 34.8 Å². The lowest BCUT2D eigenvalue weighted by molar-refractivity contribution is -0.173. The summed E-state index contributed by atoms with van der Waals surface area (Å²) in [6.45, 7) is 12.8. The van der Waals surface area contributed by atoms with E-state index in [1.165, 1.54) is 0 Å². The van der Waals surface area contributed by atoms with Gasteiger partial charge in [0.1, 0.15) is 12.2 Å². The first-order valence-corrected chi connectivity index (χ1v) is 16.4. The van der Waals surface area contributed by atoms with Gasteiger partial charge in [-0.3, -0.25) is 0 Å². The van der Waals surface area contributed by atoms with Crippen LogP contribution in [0.5, 0.6) is 0 Å². The molecule has 2 aromatic carbocycles. The molecule has 2 aromatic rings. The largest absolute Gasteiger partial charge is 0.461 e. The van der Waals surface area contributed by atoms with Crippen molar-refractivity contribution in [2.24, 2.45) is 35.5 Å². The van der Waals surface area contributed by atoms with Gasteiger partial charge in [0.05, 0.1) is 12.1 Å². The molecule has 0 aliphatic heterocycles. The lowest BCUT2D eigenvalue weighted by atomic mass is 9.57. The fraction of sp³-hybridized carbons (Fsp3) is 0.579. The van der Waals surface area contributed by atoms with Crippen LogP contribution >= 0.6 is 0 Å². The van der Waals surface area contributed by atoms with E-state index in [2.05, 4.69) is 53.7 Å². The highest BCUT2D eigenvalue weighted by atomic mass is 16.6. The van der Waals surface area contributed by atoms with Gasteiger partial charge in [-0.2, -0.15) is 10.5 Å². The fourth-order valence-corrected chi connectivity index (χ4v) is 7.69. The van der Waals surface area contributed by atoms with Gasteiger partial charge in [0.15, 0.2) is 0 Å². The molecule has 0 N–H and O–H groups in total. The molecule has 0 heterocycles. The number of carbonyl (C=O) groups is 2. The maximum absolute atomic E-state index is 14.8. The van der Waals surface area contributed by atoms with Gasteiger partial charge >= 0.3 is 11.9 Å². The molecule has 8 atom stereocenters. The lowest BCUT2D eigenvalue weighted by Crippen LogP contribution is -2.60. The maximum Gasteiger partial charge on any atom is 0.334 e. The van der Waals surface area contributed by atoms with Crippen molar-refractivity contribution in [3.8, 4) is 12.1 Å². The van der Waals surface area contributed by atoms with Gasteiger partial charge < -0.3 is 9.47 Å². The standard InChI is InChI=1S/C38H48N2O4/c1-25(2)31-19-17-27(5)21-33(31)43-35(41)37(23-39,29-13-9-7-10-14-29)38(24-40,30-15-11-8-12-16-30)36(42)44-34-22-28(6)18-20-32(34)26(3)4/h7-16,25-28,31-34H,17-22H2,1-6H3/t27-,28?,31+,32+,33-,34-,37-,38-/m1/s1. The minimum Gasteiger partial charge on any atom is -0.461 e. The molecule has 0 amide bonds. The quantitative estimate of drug-likeness (QED) is 0.273. The van der Waals surface area contributed by atoms with Crippen molar-refractivity contribution in [1.82, 2.24) is 0 Å². The molecule has 2 fully saturated rings. The predicted octanol–water partition coefficient (Wildman–Crippen LogP) is 7.92. The van der Waals surface area contributed by atoms with Gasteiger partial charge in [0.2, 0.25) is 10.8 Å². The Labute approximate surface area is 263 Å². The summed E-state index contributed by atoms with van der Waals surface area (Å²) >= 11 is 0. The molecule has 0 radical (unpaired) electrons. The lowest BCUT2D eigenvalue weighted by Gasteiger charge is -2.43. The van der Waals surface area contributed by atoms with Crippen LogP contribution in [0.3, 0.4) is 0 Å². The van der Waals surface area contributed by atoms with E-state index in [9.17, 15) is 20.1 Å². The molecule has 1 unspecified atom stereocenters. The van der Waals surface area contributed by atoms with Crippen LogP contribution in [0, 0.1) is 58.2 Å². The van der Waals surface area contributed by atoms with Gasteiger partial charge in [-0.15, -0.1) is 0 Å². The summed E-state index contributed by atoms with van der Waals surface area (Å²) in [7, 11) is 0. The number of carbonyl (C=O) groups excluding carboxylic acids is 2. The molecule has 234 valence electrons. The van der Waals surface area contributed by atoms with Crippen molar-refractivity contribution >= 4 is 11.9 Å². The van der Waals surface area contributed by atoms with Gasteiger partial charge in [-0.25, -0.2) is 9.59 Å². The Bertz CT molecular complexity index is 1260. The molecule has 4 rings (SSSR count). The summed E-state index contributed by atoms with van der Waals surface area (Å²) in [5, 5.41) is 22.4. The van der Waals surface area contributed by atoms with Crippen LogP contribution < -0.4 is 0 Å². The number of benzene rings is 2. The fourth-order valence-electron chi connectivity index (χ4n) is 7.69. The van der Waals surface area contributed by atoms with Gasteiger partial charge in [-0.05, 0) is 72.3 Å². The van der Waals surface area contributed by atoms with Crippen molar-refractivity contribution in [1.29, 1.82) is 10.5 Å². The molecule has 6 heteroatoms. The molecule has 0 aromatic heterocycles. The van der Waals surface area contributed by atoms with Crippen molar-refractivity contribution < 1.29 is 19.1 Å². The molecule has 44 heavy (non-hydrogen) atoms. The summed E-state index contributed by atoms with van der Waals surface area (Å²) < 4.78 is 12.7. The van der Waals surface area contributed by atoms with Crippen LogP contribution in [0.1, 0.15) is 91.2 Å². The summed E-state index contributed by atoms with van der Waals surface area (Å²) in [5.41, 5.74) is -4.18. The number of esters is 2. The Morgan fingerprint density at radius 2 is 1.00 bits per heavy atom. The summed E-state index contributed by atoms with van der Waals surface area (Å²) in [5.74, 6) is -0.333. The summed E-state index contributed by atoms with van der Waals surface area (Å²) in [4.78, 5) is 29.7. The van der Waals surface area contributed by atoms with E-state index in [0.29, 0.717) is 24.7 Å². The van der Waals surface area contributed by atoms with Gasteiger partial charge in [0, 0.05) is 0 Å². The zero-order valence-electron chi connectivity index (χ0n) is 27.2. The van der Waals surface area contributed by atoms with Crippen LogP contribution in [0.15, 0.2) is 60.7 Å². The smallest absolute Gasteiger partial charge is 0.334 e. The van der Waals surface area contributed by atoms with E-state index >= 15 is 0 Å². The molecule has 0 bridgehead atoms. The SMILES string of the molecule is CC1CC[C@@H](C(C)C)[C@H](OC(=O)[C@@](C#N)(c2ccccc2)[C@@](C#N)(C(=O)O[C@@H]2C[C@H](C)CC[C@H]2C(C)C)c2ccccc2)C1. The summed E-state index contributed by atoms with van der Waals surface area (Å²) in [6.07, 6.45) is 4.34. The van der Waals surface area contributed by atoms with Crippen LogP contribution in [-0.2, 0) is 29.9 Å². The van der Waals surface area contributed by atoms with Crippen LogP contribution in [0.25, 0.3) is 0 Å². The topological polar surface area (TPSA) is 100 Å². The zero-order valence-corrected chi connectivity index (χ0v) is 27.2. The first-order chi connectivity index (χ1) is 21.0. The Kier molecular flexibility index (Phi) is 10.6. The number of hydrogen-bond acceptors (Lipinski definition) is 6. The van der Waals surface area contributed by atoms with E-state index in [0.717, 1.165) is 25.7 Å². The zero-order chi connectivity index (χ0) is 32.1. The highest BCUT2D eigenvalue weighted by molar-refractivity contribution is 6.02. The third kappa shape index (κ3) is 6.14. The number of rotatable bonds is 9. The molecule has 0 spiro atoms. The second kappa shape index (κ2) is 14.0. The number of nitrogens with zero attached hydrogens (tertiary/aromatic N) is 2. The average Bonchev–Trinajstić information content (AvgIpc) is 3.00. The Morgan fingerprint density at radius 1 is 0.659 bits per heavy atom. The van der Waals surface area contributed by atoms with E-state index in [1.807, 2.05) is 0 Å². The molecule has 2 aliphatic carbocycles. The van der Waals surface area contributed by atoms with Crippen LogP contribution in [0.2, 0.25) is 0 Å². The second-order valence-electron chi connectivity index (χ2n) is 14.0. The first kappa shape index (κ1) is 33.3. The number of ether oxygens (including phenoxy) is 2. The van der Waals surface area contributed by atoms with E-state index in [1.54, 1.807) is 60.7 Å². The highest BCUT2D eigenvalue weighted by Gasteiger charge is 2.68. The maximum atomic E-state index is 14.8. The third-order valence-electron chi connectivity index (χ3n) is 10.4. The van der Waals surface area contributed by atoms with Crippen molar-refractivity contribution in [2.45, 2.75) is 103 Å². The molecule has 0 saturated heterocycles. The normalized spacial score (nSPS) is 28.1. The molecular formula is C38H48N2O4. The van der Waals surface area contributed by atoms with Gasteiger partial charge in [0.25, 0.3) is 0 Å². The minimum atomic E-state index is -2.32. The molecular weight excluding hydrogens is 548 g/mol. The van der Waals surface area contributed by atoms with Crippen molar-refractivity contribution in [2.75, 3.05) is 0 Å². The first-order valence-electron chi connectivity index (χ1n) is 16.4. The Hall–Kier alpha value is -3.64. The highest BCUT2D eigenvalue weighted by Crippen LogP contribution is 2.49. The molecule has 2 aliphatic rings. The molecule has 2 saturated carbocycles. The minimum absolute atomic E-state index is 0.109. The predicted molar refractivity (Wildman–Crippen MR) is 170 cm³/mol. The summed E-state index contributed by atoms with van der Waals surface area (Å²) in [6, 6.07) is 21.4.